The average Bonchev–Trinajstić information content (AvgIpc) is 2.82. The number of fused-ring (bicyclic) bond motifs is 1. The molecule has 2 N–H and O–H groups in total. The van der Waals surface area contributed by atoms with E-state index >= 15 is 0 Å². The normalized spacial score (nSPS) is 11.8. The molecular weight excluding hydrogens is 488 g/mol. The quantitative estimate of drug-likeness (QED) is 0.302. The van der Waals surface area contributed by atoms with Crippen LogP contribution < -0.4 is 10.6 Å². The van der Waals surface area contributed by atoms with Crippen molar-refractivity contribution in [2.45, 2.75) is 12.4 Å². The minimum Gasteiger partial charge on any atom is -0.322 e. The maximum Gasteiger partial charge on any atom is 0.416 e. The molecule has 0 spiro atoms. The molecule has 0 aliphatic carbocycles. The van der Waals surface area contributed by atoms with E-state index < -0.39 is 40.9 Å². The molecule has 36 heavy (non-hydrogen) atoms. The van der Waals surface area contributed by atoms with Crippen molar-refractivity contribution in [3.8, 4) is 0 Å². The minimum atomic E-state index is -5.09. The number of halogens is 6. The van der Waals surface area contributed by atoms with Gasteiger partial charge in [0.05, 0.1) is 16.6 Å². The molecule has 11 heteroatoms. The Balaban J connectivity index is 1.55. The fourth-order valence-corrected chi connectivity index (χ4v) is 3.35. The van der Waals surface area contributed by atoms with Gasteiger partial charge in [-0.25, -0.2) is 4.98 Å². The smallest absolute Gasteiger partial charge is 0.322 e. The Kier molecular flexibility index (Phi) is 6.40. The first-order valence-electron chi connectivity index (χ1n) is 10.3. The van der Waals surface area contributed by atoms with Crippen molar-refractivity contribution in [1.29, 1.82) is 0 Å². The lowest BCUT2D eigenvalue weighted by Gasteiger charge is -2.14. The molecular formula is C25H15F6N3O2. The van der Waals surface area contributed by atoms with Crippen LogP contribution in [0, 0.1) is 0 Å². The topological polar surface area (TPSA) is 71.1 Å². The summed E-state index contributed by atoms with van der Waals surface area (Å²) in [5.74, 6) is -1.54. The molecule has 0 saturated heterocycles. The molecule has 0 aliphatic rings. The fourth-order valence-electron chi connectivity index (χ4n) is 3.35. The van der Waals surface area contributed by atoms with E-state index in [2.05, 4.69) is 15.6 Å². The van der Waals surface area contributed by atoms with E-state index in [1.807, 2.05) is 12.1 Å². The second kappa shape index (κ2) is 9.33. The Morgan fingerprint density at radius 2 is 1.28 bits per heavy atom. The van der Waals surface area contributed by atoms with E-state index in [0.717, 1.165) is 5.39 Å². The SMILES string of the molecule is O=C(Nc1cccc(C(=O)Nc2ccc3ccccc3n2)c1)c1cc(C(F)(F)F)cc(C(F)(F)F)c1. The Morgan fingerprint density at radius 1 is 0.639 bits per heavy atom. The van der Waals surface area contributed by atoms with Gasteiger partial charge in [0, 0.05) is 22.2 Å². The maximum absolute atomic E-state index is 13.1. The van der Waals surface area contributed by atoms with Crippen molar-refractivity contribution in [3.63, 3.8) is 0 Å². The van der Waals surface area contributed by atoms with Crippen molar-refractivity contribution in [3.05, 3.63) is 101 Å². The summed E-state index contributed by atoms with van der Waals surface area (Å²) < 4.78 is 78.5. The van der Waals surface area contributed by atoms with Gasteiger partial charge in [0.1, 0.15) is 5.82 Å². The number of carbonyl (C=O) groups excluding carboxylic acids is 2. The Labute approximate surface area is 199 Å². The van der Waals surface area contributed by atoms with Gasteiger partial charge < -0.3 is 10.6 Å². The largest absolute Gasteiger partial charge is 0.416 e. The number of rotatable bonds is 4. The van der Waals surface area contributed by atoms with Crippen LogP contribution in [0.1, 0.15) is 31.8 Å². The molecule has 184 valence electrons. The van der Waals surface area contributed by atoms with Gasteiger partial charge in [0.15, 0.2) is 0 Å². The molecule has 5 nitrogen and oxygen atoms in total. The minimum absolute atomic E-state index is 0.00917. The number of nitrogens with zero attached hydrogens (tertiary/aromatic N) is 1. The molecule has 3 aromatic carbocycles. The van der Waals surface area contributed by atoms with Crippen LogP contribution >= 0.6 is 0 Å². The predicted octanol–water partition coefficient (Wildman–Crippen LogP) is 6.78. The number of hydrogen-bond acceptors (Lipinski definition) is 3. The summed E-state index contributed by atoms with van der Waals surface area (Å²) in [6.07, 6.45) is -10.2. The summed E-state index contributed by atoms with van der Waals surface area (Å²) in [6.45, 7) is 0. The summed E-state index contributed by atoms with van der Waals surface area (Å²) in [6, 6.07) is 16.6. The van der Waals surface area contributed by atoms with Gasteiger partial charge in [0.2, 0.25) is 0 Å². The molecule has 0 unspecified atom stereocenters. The third-order valence-electron chi connectivity index (χ3n) is 5.07. The van der Waals surface area contributed by atoms with Gasteiger partial charge in [-0.2, -0.15) is 26.3 Å². The van der Waals surface area contributed by atoms with Crippen molar-refractivity contribution < 1.29 is 35.9 Å². The van der Waals surface area contributed by atoms with Crippen LogP contribution in [0.5, 0.6) is 0 Å². The van der Waals surface area contributed by atoms with Gasteiger partial charge in [-0.15, -0.1) is 0 Å². The predicted molar refractivity (Wildman–Crippen MR) is 121 cm³/mol. The Bertz CT molecular complexity index is 1430. The molecule has 1 heterocycles. The van der Waals surface area contributed by atoms with Crippen LogP contribution in [0.4, 0.5) is 37.8 Å². The van der Waals surface area contributed by atoms with Crippen molar-refractivity contribution in [2.75, 3.05) is 10.6 Å². The van der Waals surface area contributed by atoms with Crippen LogP contribution in [-0.4, -0.2) is 16.8 Å². The van der Waals surface area contributed by atoms with E-state index in [1.54, 1.807) is 24.3 Å². The molecule has 4 aromatic rings. The molecule has 2 amide bonds. The number of carbonyl (C=O) groups is 2. The summed E-state index contributed by atoms with van der Waals surface area (Å²) in [5, 5.41) is 5.69. The van der Waals surface area contributed by atoms with Crippen LogP contribution in [0.15, 0.2) is 78.9 Å². The highest BCUT2D eigenvalue weighted by molar-refractivity contribution is 6.07. The molecule has 4 rings (SSSR count). The van der Waals surface area contributed by atoms with Gasteiger partial charge in [-0.1, -0.05) is 24.3 Å². The summed E-state index contributed by atoms with van der Waals surface area (Å²) in [5.41, 5.74) is -3.35. The first kappa shape index (κ1) is 24.7. The number of hydrogen-bond donors (Lipinski definition) is 2. The molecule has 0 aliphatic heterocycles. The van der Waals surface area contributed by atoms with E-state index in [9.17, 15) is 35.9 Å². The number of para-hydroxylation sites is 1. The number of alkyl halides is 6. The number of amides is 2. The number of benzene rings is 3. The lowest BCUT2D eigenvalue weighted by Crippen LogP contribution is -2.18. The number of anilines is 2. The van der Waals surface area contributed by atoms with Gasteiger partial charge in [-0.3, -0.25) is 9.59 Å². The van der Waals surface area contributed by atoms with Gasteiger partial charge in [-0.05, 0) is 54.6 Å². The molecule has 1 aromatic heterocycles. The number of nitrogens with one attached hydrogen (secondary N) is 2. The molecule has 0 radical (unpaired) electrons. The van der Waals surface area contributed by atoms with E-state index in [4.69, 9.17) is 0 Å². The van der Waals surface area contributed by atoms with Crippen LogP contribution in [0.2, 0.25) is 0 Å². The highest BCUT2D eigenvalue weighted by Crippen LogP contribution is 2.36. The van der Waals surface area contributed by atoms with Gasteiger partial charge in [0.25, 0.3) is 11.8 Å². The highest BCUT2D eigenvalue weighted by Gasteiger charge is 2.37. The van der Waals surface area contributed by atoms with Gasteiger partial charge >= 0.3 is 12.4 Å². The van der Waals surface area contributed by atoms with Crippen LogP contribution in [-0.2, 0) is 12.4 Å². The zero-order valence-corrected chi connectivity index (χ0v) is 18.0. The first-order valence-corrected chi connectivity index (χ1v) is 10.3. The Hall–Kier alpha value is -4.41. The zero-order chi connectivity index (χ0) is 26.1. The van der Waals surface area contributed by atoms with E-state index in [1.165, 1.54) is 24.3 Å². The van der Waals surface area contributed by atoms with Crippen LogP contribution in [0.3, 0.4) is 0 Å². The fraction of sp³-hybridized carbons (Fsp3) is 0.0800. The standard InChI is InChI=1S/C25H15F6N3O2/c26-24(27,28)17-10-16(11-18(13-17)25(29,30)31)23(36)32-19-6-3-5-15(12-19)22(35)34-21-9-8-14-4-1-2-7-20(14)33-21/h1-13H,(H,32,36)(H,33,34,35). The van der Waals surface area contributed by atoms with E-state index in [-0.39, 0.29) is 23.1 Å². The van der Waals surface area contributed by atoms with Crippen molar-refractivity contribution in [1.82, 2.24) is 4.98 Å². The summed E-state index contributed by atoms with van der Waals surface area (Å²) >= 11 is 0. The van der Waals surface area contributed by atoms with Crippen LogP contribution in [0.25, 0.3) is 10.9 Å². The molecule has 0 saturated carbocycles. The number of pyridine rings is 1. The van der Waals surface area contributed by atoms with Crippen molar-refractivity contribution >= 4 is 34.2 Å². The second-order valence-corrected chi connectivity index (χ2v) is 7.67. The third kappa shape index (κ3) is 5.62. The molecule has 0 atom stereocenters. The molecule has 0 bridgehead atoms. The third-order valence-corrected chi connectivity index (χ3v) is 5.07. The summed E-state index contributed by atoms with van der Waals surface area (Å²) in [7, 11) is 0. The summed E-state index contributed by atoms with van der Waals surface area (Å²) in [4.78, 5) is 29.5. The Morgan fingerprint density at radius 3 is 1.94 bits per heavy atom. The number of aromatic nitrogens is 1. The second-order valence-electron chi connectivity index (χ2n) is 7.67. The average molecular weight is 503 g/mol. The lowest BCUT2D eigenvalue weighted by atomic mass is 10.0. The monoisotopic (exact) mass is 503 g/mol. The highest BCUT2D eigenvalue weighted by atomic mass is 19.4. The zero-order valence-electron chi connectivity index (χ0n) is 18.0. The van der Waals surface area contributed by atoms with Crippen molar-refractivity contribution in [2.24, 2.45) is 0 Å². The maximum atomic E-state index is 13.1. The van der Waals surface area contributed by atoms with E-state index in [0.29, 0.717) is 17.6 Å². The first-order chi connectivity index (χ1) is 16.9. The molecule has 0 fully saturated rings. The lowest BCUT2D eigenvalue weighted by molar-refractivity contribution is -0.143.